The van der Waals surface area contributed by atoms with Gasteiger partial charge >= 0.3 is 12.1 Å². The second-order valence-electron chi connectivity index (χ2n) is 5.37. The lowest BCUT2D eigenvalue weighted by atomic mass is 9.85. The molecule has 20 heavy (non-hydrogen) atoms. The third kappa shape index (κ3) is 3.10. The molecular weight excluding hydrogens is 258 g/mol. The fraction of sp³-hybridized carbons (Fsp3) is 0.467. The van der Waals surface area contributed by atoms with E-state index in [1.165, 1.54) is 0 Å². The van der Waals surface area contributed by atoms with E-state index in [1.807, 2.05) is 30.3 Å². The molecule has 2 rings (SSSR count). The van der Waals surface area contributed by atoms with Gasteiger partial charge in [-0.3, -0.25) is 4.79 Å². The Morgan fingerprint density at radius 1 is 1.40 bits per heavy atom. The molecule has 0 radical (unpaired) electrons. The van der Waals surface area contributed by atoms with Crippen LogP contribution in [0.3, 0.4) is 0 Å². The van der Waals surface area contributed by atoms with Crippen LogP contribution in [0.1, 0.15) is 31.7 Å². The van der Waals surface area contributed by atoms with E-state index in [-0.39, 0.29) is 12.6 Å². The van der Waals surface area contributed by atoms with Crippen LogP contribution < -0.4 is 5.32 Å². The molecule has 1 aliphatic carbocycles. The van der Waals surface area contributed by atoms with Crippen LogP contribution in [0.4, 0.5) is 4.79 Å². The lowest BCUT2D eigenvalue weighted by molar-refractivity contribution is -0.148. The van der Waals surface area contributed by atoms with Crippen LogP contribution in [-0.2, 0) is 16.1 Å². The fourth-order valence-electron chi connectivity index (χ4n) is 2.56. The van der Waals surface area contributed by atoms with Gasteiger partial charge in [0.2, 0.25) is 0 Å². The largest absolute Gasteiger partial charge is 0.481 e. The molecule has 5 nitrogen and oxygen atoms in total. The average Bonchev–Trinajstić information content (AvgIpc) is 2.80. The second kappa shape index (κ2) is 5.94. The zero-order valence-electron chi connectivity index (χ0n) is 11.5. The van der Waals surface area contributed by atoms with Gasteiger partial charge in [-0.05, 0) is 25.3 Å². The maximum absolute atomic E-state index is 11.8. The summed E-state index contributed by atoms with van der Waals surface area (Å²) in [4.78, 5) is 23.1. The minimum atomic E-state index is -0.897. The molecule has 0 aromatic heterocycles. The van der Waals surface area contributed by atoms with Gasteiger partial charge in [-0.15, -0.1) is 0 Å². The minimum Gasteiger partial charge on any atom is -0.481 e. The average molecular weight is 277 g/mol. The van der Waals surface area contributed by atoms with Crippen LogP contribution in [0.5, 0.6) is 0 Å². The van der Waals surface area contributed by atoms with Crippen molar-refractivity contribution >= 4 is 12.1 Å². The number of ether oxygens (including phenoxy) is 1. The van der Waals surface area contributed by atoms with E-state index in [1.54, 1.807) is 6.92 Å². The van der Waals surface area contributed by atoms with Crippen molar-refractivity contribution < 1.29 is 19.4 Å². The van der Waals surface area contributed by atoms with Gasteiger partial charge in [-0.25, -0.2) is 4.79 Å². The molecule has 5 heteroatoms. The molecule has 0 aliphatic heterocycles. The van der Waals surface area contributed by atoms with E-state index >= 15 is 0 Å². The van der Waals surface area contributed by atoms with E-state index in [2.05, 4.69) is 5.32 Å². The fourth-order valence-corrected chi connectivity index (χ4v) is 2.56. The predicted octanol–water partition coefficient (Wildman–Crippen LogP) is 2.56. The number of alkyl carbamates (subject to hydrolysis) is 1. The second-order valence-corrected chi connectivity index (χ2v) is 5.37. The van der Waals surface area contributed by atoms with E-state index < -0.39 is 17.5 Å². The van der Waals surface area contributed by atoms with Crippen molar-refractivity contribution in [3.05, 3.63) is 35.9 Å². The molecule has 1 amide bonds. The van der Waals surface area contributed by atoms with Gasteiger partial charge in [0.25, 0.3) is 0 Å². The molecule has 1 aliphatic rings. The first-order valence-electron chi connectivity index (χ1n) is 6.73. The molecule has 1 saturated carbocycles. The molecule has 1 aromatic rings. The lowest BCUT2D eigenvalue weighted by Crippen LogP contribution is -2.47. The number of carbonyl (C=O) groups is 2. The number of benzene rings is 1. The zero-order valence-corrected chi connectivity index (χ0v) is 11.5. The number of carbonyl (C=O) groups excluding carboxylic acids is 1. The molecule has 108 valence electrons. The number of nitrogens with one attached hydrogen (secondary N) is 1. The highest BCUT2D eigenvalue weighted by atomic mass is 16.5. The lowest BCUT2D eigenvalue weighted by Gasteiger charge is -2.27. The quantitative estimate of drug-likeness (QED) is 0.886. The monoisotopic (exact) mass is 277 g/mol. The van der Waals surface area contributed by atoms with Gasteiger partial charge in [-0.1, -0.05) is 36.8 Å². The number of aliphatic carboxylic acids is 1. The molecule has 2 atom stereocenters. The number of carboxylic acid groups (broad SMARTS) is 1. The highest BCUT2D eigenvalue weighted by molar-refractivity contribution is 5.77. The Morgan fingerprint density at radius 3 is 2.75 bits per heavy atom. The minimum absolute atomic E-state index is 0.184. The van der Waals surface area contributed by atoms with E-state index in [9.17, 15) is 14.7 Å². The van der Waals surface area contributed by atoms with Crippen molar-refractivity contribution in [3.8, 4) is 0 Å². The first kappa shape index (κ1) is 14.4. The Balaban J connectivity index is 1.87. The van der Waals surface area contributed by atoms with Crippen molar-refractivity contribution in [1.82, 2.24) is 5.32 Å². The molecular formula is C15H19NO4. The number of rotatable bonds is 4. The summed E-state index contributed by atoms with van der Waals surface area (Å²) in [7, 11) is 0. The van der Waals surface area contributed by atoms with Crippen molar-refractivity contribution in [3.63, 3.8) is 0 Å². The normalized spacial score (nSPS) is 25.1. The van der Waals surface area contributed by atoms with E-state index in [4.69, 9.17) is 4.74 Å². The smallest absolute Gasteiger partial charge is 0.407 e. The summed E-state index contributed by atoms with van der Waals surface area (Å²) in [6.45, 7) is 1.85. The highest BCUT2D eigenvalue weighted by Gasteiger charge is 2.46. The van der Waals surface area contributed by atoms with Crippen LogP contribution in [0.15, 0.2) is 30.3 Å². The summed E-state index contributed by atoms with van der Waals surface area (Å²) in [5, 5.41) is 12.0. The van der Waals surface area contributed by atoms with Crippen LogP contribution in [0.25, 0.3) is 0 Å². The molecule has 2 N–H and O–H groups in total. The van der Waals surface area contributed by atoms with Crippen molar-refractivity contribution in [1.29, 1.82) is 0 Å². The number of hydrogen-bond donors (Lipinski definition) is 2. The maximum atomic E-state index is 11.8. The summed E-state index contributed by atoms with van der Waals surface area (Å²) in [6.07, 6.45) is 1.48. The number of hydrogen-bond acceptors (Lipinski definition) is 3. The maximum Gasteiger partial charge on any atom is 0.407 e. The molecule has 0 bridgehead atoms. The zero-order chi connectivity index (χ0) is 14.6. The van der Waals surface area contributed by atoms with Gasteiger partial charge in [0.15, 0.2) is 0 Å². The van der Waals surface area contributed by atoms with Crippen LogP contribution in [0.2, 0.25) is 0 Å². The van der Waals surface area contributed by atoms with E-state index in [0.29, 0.717) is 12.8 Å². The van der Waals surface area contributed by atoms with Gasteiger partial charge in [0, 0.05) is 6.04 Å². The first-order valence-corrected chi connectivity index (χ1v) is 6.73. The molecule has 0 heterocycles. The molecule has 1 aromatic carbocycles. The summed E-state index contributed by atoms with van der Waals surface area (Å²) in [5.41, 5.74) is 0.00115. The summed E-state index contributed by atoms with van der Waals surface area (Å²) >= 11 is 0. The van der Waals surface area contributed by atoms with Crippen LogP contribution >= 0.6 is 0 Å². The standard InChI is InChI=1S/C15H19NO4/c1-15(13(17)18)9-5-8-12(15)16-14(19)20-10-11-6-3-2-4-7-11/h2-4,6-7,12H,5,8-10H2,1H3,(H,16,19)(H,17,18)/t12-,15-/m0/s1. The Hall–Kier alpha value is -2.04. The van der Waals surface area contributed by atoms with Gasteiger partial charge < -0.3 is 15.2 Å². The van der Waals surface area contributed by atoms with E-state index in [0.717, 1.165) is 12.0 Å². The third-order valence-electron chi connectivity index (χ3n) is 3.95. The number of amides is 1. The third-order valence-corrected chi connectivity index (χ3v) is 3.95. The Labute approximate surface area is 117 Å². The van der Waals surface area contributed by atoms with Crippen molar-refractivity contribution in [2.75, 3.05) is 0 Å². The first-order chi connectivity index (χ1) is 9.52. The van der Waals surface area contributed by atoms with Crippen molar-refractivity contribution in [2.45, 2.75) is 38.8 Å². The van der Waals surface area contributed by atoms with Gasteiger partial charge in [-0.2, -0.15) is 0 Å². The van der Waals surface area contributed by atoms with Crippen LogP contribution in [0, 0.1) is 5.41 Å². The van der Waals surface area contributed by atoms with Crippen LogP contribution in [-0.4, -0.2) is 23.2 Å². The topological polar surface area (TPSA) is 75.6 Å². The Bertz CT molecular complexity index is 488. The summed E-state index contributed by atoms with van der Waals surface area (Å²) in [6, 6.07) is 8.99. The Morgan fingerprint density at radius 2 is 2.10 bits per heavy atom. The molecule has 1 fully saturated rings. The van der Waals surface area contributed by atoms with Gasteiger partial charge in [0.1, 0.15) is 6.61 Å². The SMILES string of the molecule is C[C@]1(C(=O)O)CCC[C@@H]1NC(=O)OCc1ccccc1. The molecule has 0 unspecified atom stereocenters. The Kier molecular flexibility index (Phi) is 4.27. The van der Waals surface area contributed by atoms with Gasteiger partial charge in [0.05, 0.1) is 5.41 Å². The predicted molar refractivity (Wildman–Crippen MR) is 73.1 cm³/mol. The summed E-state index contributed by atoms with van der Waals surface area (Å²) < 4.78 is 5.12. The summed E-state index contributed by atoms with van der Waals surface area (Å²) in [5.74, 6) is -0.872. The number of carboxylic acids is 1. The molecule has 0 saturated heterocycles. The highest BCUT2D eigenvalue weighted by Crippen LogP contribution is 2.38. The van der Waals surface area contributed by atoms with Crippen molar-refractivity contribution in [2.24, 2.45) is 5.41 Å². The molecule has 0 spiro atoms.